The zero-order chi connectivity index (χ0) is 22.0. The zero-order valence-electron chi connectivity index (χ0n) is 16.9. The number of carbonyl (C=O) groups is 1. The number of halogens is 1. The minimum Gasteiger partial charge on any atom is -0.323 e. The summed E-state index contributed by atoms with van der Waals surface area (Å²) in [6.45, 7) is 1.84. The summed E-state index contributed by atoms with van der Waals surface area (Å²) in [7, 11) is 1.92. The fourth-order valence-electron chi connectivity index (χ4n) is 3.45. The number of piperazine rings is 1. The number of rotatable bonds is 4. The largest absolute Gasteiger partial charge is 0.323 e. The third-order valence-corrected chi connectivity index (χ3v) is 5.13. The molecule has 2 aromatic carbocycles. The first kappa shape index (κ1) is 20.4. The molecule has 1 amide bonds. The number of nitrogens with one attached hydrogen (secondary N) is 1. The molecule has 0 saturated carbocycles. The number of amides is 1. The van der Waals surface area contributed by atoms with Gasteiger partial charge >= 0.3 is 0 Å². The number of fused-ring (bicyclic) bond motifs is 1. The molecule has 0 unspecified atom stereocenters. The number of H-pyrrole nitrogens is 1. The number of aliphatic imine (C=N–C) groups is 1. The van der Waals surface area contributed by atoms with E-state index >= 15 is 0 Å². The van der Waals surface area contributed by atoms with Crippen LogP contribution in [0.2, 0.25) is 0 Å². The van der Waals surface area contributed by atoms with E-state index in [0.717, 1.165) is 12.2 Å². The van der Waals surface area contributed by atoms with Gasteiger partial charge in [-0.3, -0.25) is 19.5 Å². The highest BCUT2D eigenvalue weighted by Crippen LogP contribution is 2.21. The van der Waals surface area contributed by atoms with Crippen LogP contribution >= 0.6 is 0 Å². The molecule has 1 saturated heterocycles. The second-order valence-electron chi connectivity index (χ2n) is 7.32. The molecular formula is C22H21FN6O2. The maximum Gasteiger partial charge on any atom is 0.258 e. The average molecular weight is 420 g/mol. The summed E-state index contributed by atoms with van der Waals surface area (Å²) in [4.78, 5) is 35.3. The Labute approximate surface area is 177 Å². The summed E-state index contributed by atoms with van der Waals surface area (Å²) in [5.41, 5.74) is 1.78. The average Bonchev–Trinajstić information content (AvgIpc) is 2.75. The van der Waals surface area contributed by atoms with Gasteiger partial charge in [-0.25, -0.2) is 4.39 Å². The number of hydrogen-bond acceptors (Lipinski definition) is 6. The first-order chi connectivity index (χ1) is 14.9. The zero-order valence-corrected chi connectivity index (χ0v) is 16.9. The van der Waals surface area contributed by atoms with Crippen molar-refractivity contribution < 1.29 is 9.18 Å². The Morgan fingerprint density at radius 1 is 1.13 bits per heavy atom. The van der Waals surface area contributed by atoms with E-state index in [-0.39, 0.29) is 17.2 Å². The number of nitrogens with zero attached hydrogens (tertiary/aromatic N) is 4. The third-order valence-electron chi connectivity index (χ3n) is 5.13. The molecule has 0 aliphatic carbocycles. The number of hydrogen-bond donors (Lipinski definition) is 2. The van der Waals surface area contributed by atoms with Crippen LogP contribution in [-0.2, 0) is 4.79 Å². The monoisotopic (exact) mass is 420 g/mol. The van der Waals surface area contributed by atoms with Crippen molar-refractivity contribution in [3.63, 3.8) is 0 Å². The van der Waals surface area contributed by atoms with Crippen LogP contribution in [0.4, 0.5) is 15.8 Å². The SMILES string of the molecule is CN1CCN(c2ccc(N=CC(=NN)c3cc4ccc(F)cc4[nH]c3=O)cc2)C(=O)C1. The van der Waals surface area contributed by atoms with Crippen molar-refractivity contribution in [3.8, 4) is 0 Å². The van der Waals surface area contributed by atoms with Crippen molar-refractivity contribution in [2.24, 2.45) is 15.9 Å². The molecule has 0 atom stereocenters. The van der Waals surface area contributed by atoms with Crippen LogP contribution < -0.4 is 16.3 Å². The fraction of sp³-hybridized carbons (Fsp3) is 0.182. The number of pyridine rings is 1. The first-order valence-electron chi connectivity index (χ1n) is 9.68. The molecule has 4 rings (SSSR count). The highest BCUT2D eigenvalue weighted by Gasteiger charge is 2.22. The van der Waals surface area contributed by atoms with Gasteiger partial charge in [0.2, 0.25) is 5.91 Å². The Kier molecular flexibility index (Phi) is 5.59. The molecule has 1 aliphatic heterocycles. The van der Waals surface area contributed by atoms with Crippen LogP contribution in [0.25, 0.3) is 10.9 Å². The highest BCUT2D eigenvalue weighted by molar-refractivity contribution is 6.38. The minimum atomic E-state index is -0.447. The second kappa shape index (κ2) is 8.49. The van der Waals surface area contributed by atoms with Gasteiger partial charge in [0, 0.05) is 18.8 Å². The first-order valence-corrected chi connectivity index (χ1v) is 9.68. The van der Waals surface area contributed by atoms with Crippen molar-refractivity contribution in [2.75, 3.05) is 31.6 Å². The van der Waals surface area contributed by atoms with Crippen molar-refractivity contribution in [1.82, 2.24) is 9.88 Å². The number of benzene rings is 2. The summed E-state index contributed by atoms with van der Waals surface area (Å²) >= 11 is 0. The Morgan fingerprint density at radius 2 is 1.90 bits per heavy atom. The topological polar surface area (TPSA) is 107 Å². The molecule has 158 valence electrons. The smallest absolute Gasteiger partial charge is 0.258 e. The summed E-state index contributed by atoms with van der Waals surface area (Å²) in [6.07, 6.45) is 1.40. The quantitative estimate of drug-likeness (QED) is 0.382. The molecule has 1 aliphatic rings. The Hall–Kier alpha value is -3.85. The van der Waals surface area contributed by atoms with Gasteiger partial charge in [0.25, 0.3) is 5.56 Å². The van der Waals surface area contributed by atoms with Gasteiger partial charge in [0.1, 0.15) is 11.5 Å². The molecule has 0 spiro atoms. The molecule has 3 aromatic rings. The molecule has 0 bridgehead atoms. The van der Waals surface area contributed by atoms with Crippen LogP contribution in [0.3, 0.4) is 0 Å². The fourth-order valence-corrected chi connectivity index (χ4v) is 3.45. The molecule has 3 N–H and O–H groups in total. The number of anilines is 1. The third kappa shape index (κ3) is 4.36. The summed E-state index contributed by atoms with van der Waals surface area (Å²) in [5.74, 6) is 5.11. The standard InChI is InChI=1S/C22H21FN6O2/c1-28-8-9-29(21(30)13-28)17-6-4-16(5-7-17)25-12-20(27-24)18-10-14-2-3-15(23)11-19(14)26-22(18)31/h2-7,10-12H,8-9,13,24H2,1H3,(H,26,31). The normalized spacial score (nSPS) is 15.9. The van der Waals surface area contributed by atoms with E-state index in [4.69, 9.17) is 5.84 Å². The van der Waals surface area contributed by atoms with Crippen LogP contribution in [0.5, 0.6) is 0 Å². The lowest BCUT2D eigenvalue weighted by atomic mass is 10.1. The maximum atomic E-state index is 13.4. The van der Waals surface area contributed by atoms with Crippen molar-refractivity contribution in [3.05, 3.63) is 70.3 Å². The van der Waals surface area contributed by atoms with E-state index in [1.165, 1.54) is 18.3 Å². The van der Waals surface area contributed by atoms with Crippen molar-refractivity contribution in [2.45, 2.75) is 0 Å². The number of likely N-dealkylation sites (N-methyl/N-ethyl adjacent to an activating group) is 1. The van der Waals surface area contributed by atoms with E-state index in [1.54, 1.807) is 29.2 Å². The molecule has 1 aromatic heterocycles. The Bertz CT molecular complexity index is 1250. The molecule has 0 radical (unpaired) electrons. The van der Waals surface area contributed by atoms with Gasteiger partial charge < -0.3 is 15.7 Å². The van der Waals surface area contributed by atoms with E-state index in [2.05, 4.69) is 15.1 Å². The lowest BCUT2D eigenvalue weighted by Gasteiger charge is -2.32. The van der Waals surface area contributed by atoms with Crippen LogP contribution in [0, 0.1) is 5.82 Å². The number of aromatic amines is 1. The van der Waals surface area contributed by atoms with E-state index < -0.39 is 11.4 Å². The van der Waals surface area contributed by atoms with Crippen molar-refractivity contribution >= 4 is 40.1 Å². The Morgan fingerprint density at radius 3 is 2.61 bits per heavy atom. The summed E-state index contributed by atoms with van der Waals surface area (Å²) in [5, 5.41) is 4.33. The second-order valence-corrected chi connectivity index (χ2v) is 7.32. The maximum absolute atomic E-state index is 13.4. The lowest BCUT2D eigenvalue weighted by molar-refractivity contribution is -0.120. The van der Waals surface area contributed by atoms with E-state index in [9.17, 15) is 14.0 Å². The molecule has 31 heavy (non-hydrogen) atoms. The van der Waals surface area contributed by atoms with Crippen molar-refractivity contribution in [1.29, 1.82) is 0 Å². The van der Waals surface area contributed by atoms with Gasteiger partial charge in [0.05, 0.1) is 29.5 Å². The van der Waals surface area contributed by atoms with E-state index in [1.807, 2.05) is 24.1 Å². The summed E-state index contributed by atoms with van der Waals surface area (Å²) in [6, 6.07) is 12.9. The van der Waals surface area contributed by atoms with Gasteiger partial charge in [-0.15, -0.1) is 0 Å². The predicted octanol–water partition coefficient (Wildman–Crippen LogP) is 2.01. The van der Waals surface area contributed by atoms with E-state index in [0.29, 0.717) is 29.7 Å². The predicted molar refractivity (Wildman–Crippen MR) is 120 cm³/mol. The number of hydrazone groups is 1. The minimum absolute atomic E-state index is 0.0537. The van der Waals surface area contributed by atoms with Crippen LogP contribution in [-0.4, -0.2) is 54.4 Å². The van der Waals surface area contributed by atoms with Gasteiger partial charge in [-0.2, -0.15) is 5.10 Å². The molecular weight excluding hydrogens is 399 g/mol. The number of aromatic nitrogens is 1. The van der Waals surface area contributed by atoms with Gasteiger partial charge in [-0.1, -0.05) is 0 Å². The Balaban J connectivity index is 1.55. The van der Waals surface area contributed by atoms with Crippen LogP contribution in [0.1, 0.15) is 5.56 Å². The van der Waals surface area contributed by atoms with Gasteiger partial charge in [-0.05, 0) is 61.0 Å². The molecule has 8 nitrogen and oxygen atoms in total. The molecule has 9 heteroatoms. The van der Waals surface area contributed by atoms with Gasteiger partial charge in [0.15, 0.2) is 0 Å². The number of carbonyl (C=O) groups excluding carboxylic acids is 1. The molecule has 1 fully saturated rings. The lowest BCUT2D eigenvalue weighted by Crippen LogP contribution is -2.48. The number of nitrogens with two attached hydrogens (primary N) is 1. The summed E-state index contributed by atoms with van der Waals surface area (Å²) < 4.78 is 13.4. The van der Waals surface area contributed by atoms with Crippen LogP contribution in [0.15, 0.2) is 63.4 Å². The molecule has 2 heterocycles. The highest BCUT2D eigenvalue weighted by atomic mass is 19.1.